The minimum Gasteiger partial charge on any atom is -0.492 e. The first-order chi connectivity index (χ1) is 11.6. The van der Waals surface area contributed by atoms with Crippen LogP contribution in [0.2, 0.25) is 0 Å². The lowest BCUT2D eigenvalue weighted by Gasteiger charge is -2.16. The van der Waals surface area contributed by atoms with Crippen LogP contribution >= 0.6 is 0 Å². The molecule has 0 saturated heterocycles. The summed E-state index contributed by atoms with van der Waals surface area (Å²) in [6.45, 7) is 6.34. The zero-order valence-electron chi connectivity index (χ0n) is 14.5. The summed E-state index contributed by atoms with van der Waals surface area (Å²) in [6.07, 6.45) is 1.56. The first kappa shape index (κ1) is 17.9. The first-order valence-electron chi connectivity index (χ1n) is 8.42. The molecule has 24 heavy (non-hydrogen) atoms. The zero-order chi connectivity index (χ0) is 17.4. The van der Waals surface area contributed by atoms with Gasteiger partial charge in [-0.2, -0.15) is 0 Å². The summed E-state index contributed by atoms with van der Waals surface area (Å²) in [5, 5.41) is 2.86. The predicted molar refractivity (Wildman–Crippen MR) is 96.8 cm³/mol. The summed E-state index contributed by atoms with van der Waals surface area (Å²) < 4.78 is 11.2. The van der Waals surface area contributed by atoms with Crippen molar-refractivity contribution in [3.05, 3.63) is 54.1 Å². The van der Waals surface area contributed by atoms with E-state index in [4.69, 9.17) is 9.47 Å². The summed E-state index contributed by atoms with van der Waals surface area (Å²) in [5.41, 5.74) is 1.92. The van der Waals surface area contributed by atoms with Gasteiger partial charge in [0, 0.05) is 0 Å². The summed E-state index contributed by atoms with van der Waals surface area (Å²) in [7, 11) is 0. The highest BCUT2D eigenvalue weighted by Gasteiger charge is 2.16. The monoisotopic (exact) mass is 327 g/mol. The normalized spacial score (nSPS) is 11.6. The quantitative estimate of drug-likeness (QED) is 0.779. The lowest BCUT2D eigenvalue weighted by molar-refractivity contribution is -0.122. The SMILES string of the molecule is CCCc1ccc(OC(C)C(=O)Nc2ccccc2OCC)cc1. The Morgan fingerprint density at radius 2 is 1.79 bits per heavy atom. The Hall–Kier alpha value is -2.49. The number of carbonyl (C=O) groups excluding carboxylic acids is 1. The molecule has 1 unspecified atom stereocenters. The molecule has 0 aliphatic carbocycles. The molecular weight excluding hydrogens is 302 g/mol. The number of hydrogen-bond acceptors (Lipinski definition) is 3. The maximum absolute atomic E-state index is 12.4. The van der Waals surface area contributed by atoms with E-state index in [1.54, 1.807) is 6.92 Å². The number of carbonyl (C=O) groups is 1. The number of rotatable bonds is 8. The highest BCUT2D eigenvalue weighted by molar-refractivity contribution is 5.95. The van der Waals surface area contributed by atoms with Crippen LogP contribution in [-0.2, 0) is 11.2 Å². The van der Waals surface area contributed by atoms with Gasteiger partial charge in [0.15, 0.2) is 6.10 Å². The van der Waals surface area contributed by atoms with Crippen molar-refractivity contribution >= 4 is 11.6 Å². The Morgan fingerprint density at radius 1 is 1.08 bits per heavy atom. The topological polar surface area (TPSA) is 47.6 Å². The Balaban J connectivity index is 1.97. The Labute approximate surface area is 143 Å². The first-order valence-corrected chi connectivity index (χ1v) is 8.42. The molecule has 0 heterocycles. The van der Waals surface area contributed by atoms with Gasteiger partial charge in [-0.05, 0) is 50.1 Å². The second-order valence-corrected chi connectivity index (χ2v) is 5.57. The molecule has 1 atom stereocenters. The van der Waals surface area contributed by atoms with E-state index < -0.39 is 6.10 Å². The highest BCUT2D eigenvalue weighted by atomic mass is 16.5. The molecule has 2 rings (SSSR count). The van der Waals surface area contributed by atoms with Gasteiger partial charge in [0.2, 0.25) is 0 Å². The van der Waals surface area contributed by atoms with Crippen LogP contribution in [0.4, 0.5) is 5.69 Å². The van der Waals surface area contributed by atoms with Gasteiger partial charge in [-0.1, -0.05) is 37.6 Å². The smallest absolute Gasteiger partial charge is 0.265 e. The molecule has 0 aromatic heterocycles. The van der Waals surface area contributed by atoms with E-state index in [9.17, 15) is 4.79 Å². The van der Waals surface area contributed by atoms with Gasteiger partial charge in [-0.3, -0.25) is 4.79 Å². The van der Waals surface area contributed by atoms with E-state index in [0.29, 0.717) is 23.8 Å². The van der Waals surface area contributed by atoms with Crippen LogP contribution in [-0.4, -0.2) is 18.6 Å². The molecule has 0 aliphatic heterocycles. The van der Waals surface area contributed by atoms with Crippen molar-refractivity contribution in [2.24, 2.45) is 0 Å². The number of para-hydroxylation sites is 2. The molecule has 4 heteroatoms. The van der Waals surface area contributed by atoms with E-state index in [1.807, 2.05) is 55.5 Å². The minimum atomic E-state index is -0.600. The lowest BCUT2D eigenvalue weighted by atomic mass is 10.1. The van der Waals surface area contributed by atoms with Crippen LogP contribution in [0.5, 0.6) is 11.5 Å². The van der Waals surface area contributed by atoms with Crippen molar-refractivity contribution in [3.8, 4) is 11.5 Å². The highest BCUT2D eigenvalue weighted by Crippen LogP contribution is 2.24. The van der Waals surface area contributed by atoms with Gasteiger partial charge in [-0.15, -0.1) is 0 Å². The van der Waals surface area contributed by atoms with Crippen LogP contribution < -0.4 is 14.8 Å². The van der Waals surface area contributed by atoms with Crippen molar-refractivity contribution in [3.63, 3.8) is 0 Å². The number of aryl methyl sites for hydroxylation is 1. The van der Waals surface area contributed by atoms with Crippen molar-refractivity contribution in [2.75, 3.05) is 11.9 Å². The van der Waals surface area contributed by atoms with E-state index in [2.05, 4.69) is 12.2 Å². The molecule has 1 N–H and O–H groups in total. The molecule has 2 aromatic rings. The van der Waals surface area contributed by atoms with Gasteiger partial charge in [-0.25, -0.2) is 0 Å². The molecule has 0 radical (unpaired) electrons. The molecule has 4 nitrogen and oxygen atoms in total. The number of ether oxygens (including phenoxy) is 2. The minimum absolute atomic E-state index is 0.209. The van der Waals surface area contributed by atoms with Gasteiger partial charge in [0.25, 0.3) is 5.91 Å². The number of nitrogens with one attached hydrogen (secondary N) is 1. The fraction of sp³-hybridized carbons (Fsp3) is 0.350. The third-order valence-corrected chi connectivity index (χ3v) is 3.59. The lowest BCUT2D eigenvalue weighted by Crippen LogP contribution is -2.30. The van der Waals surface area contributed by atoms with Gasteiger partial charge in [0.1, 0.15) is 11.5 Å². The average molecular weight is 327 g/mol. The Morgan fingerprint density at radius 3 is 2.46 bits per heavy atom. The molecule has 0 bridgehead atoms. The standard InChI is InChI=1S/C20H25NO3/c1-4-8-16-11-13-17(14-12-16)24-15(3)20(22)21-18-9-6-7-10-19(18)23-5-2/h6-7,9-15H,4-5,8H2,1-3H3,(H,21,22). The Kier molecular flexibility index (Phi) is 6.67. The molecule has 128 valence electrons. The van der Waals surface area contributed by atoms with E-state index in [-0.39, 0.29) is 5.91 Å². The fourth-order valence-corrected chi connectivity index (χ4v) is 2.37. The van der Waals surface area contributed by atoms with Crippen molar-refractivity contribution in [1.29, 1.82) is 0 Å². The van der Waals surface area contributed by atoms with Gasteiger partial charge >= 0.3 is 0 Å². The van der Waals surface area contributed by atoms with Gasteiger partial charge in [0.05, 0.1) is 12.3 Å². The summed E-state index contributed by atoms with van der Waals surface area (Å²) in [5.74, 6) is 1.14. The van der Waals surface area contributed by atoms with Crippen LogP contribution in [0.1, 0.15) is 32.8 Å². The molecular formula is C20H25NO3. The van der Waals surface area contributed by atoms with E-state index in [0.717, 1.165) is 12.8 Å². The molecule has 1 amide bonds. The molecule has 0 saturated carbocycles. The maximum atomic E-state index is 12.4. The molecule has 0 aliphatic rings. The molecule has 0 spiro atoms. The number of hydrogen-bond donors (Lipinski definition) is 1. The maximum Gasteiger partial charge on any atom is 0.265 e. The van der Waals surface area contributed by atoms with E-state index in [1.165, 1.54) is 5.56 Å². The average Bonchev–Trinajstić information content (AvgIpc) is 2.59. The third-order valence-electron chi connectivity index (χ3n) is 3.59. The van der Waals surface area contributed by atoms with Crippen molar-refractivity contribution < 1.29 is 14.3 Å². The molecule has 0 fully saturated rings. The Bertz CT molecular complexity index is 652. The van der Waals surface area contributed by atoms with Crippen molar-refractivity contribution in [2.45, 2.75) is 39.7 Å². The van der Waals surface area contributed by atoms with E-state index >= 15 is 0 Å². The van der Waals surface area contributed by atoms with Crippen LogP contribution in [0.15, 0.2) is 48.5 Å². The number of benzene rings is 2. The predicted octanol–water partition coefficient (Wildman–Crippen LogP) is 4.44. The van der Waals surface area contributed by atoms with Crippen LogP contribution in [0, 0.1) is 0 Å². The number of amides is 1. The van der Waals surface area contributed by atoms with Gasteiger partial charge < -0.3 is 14.8 Å². The van der Waals surface area contributed by atoms with Crippen LogP contribution in [0.3, 0.4) is 0 Å². The van der Waals surface area contributed by atoms with Crippen molar-refractivity contribution in [1.82, 2.24) is 0 Å². The summed E-state index contributed by atoms with van der Waals surface area (Å²) >= 11 is 0. The fourth-order valence-electron chi connectivity index (χ4n) is 2.37. The number of anilines is 1. The third kappa shape index (κ3) is 5.01. The summed E-state index contributed by atoms with van der Waals surface area (Å²) in [4.78, 5) is 12.4. The second-order valence-electron chi connectivity index (χ2n) is 5.57. The molecule has 2 aromatic carbocycles. The zero-order valence-corrected chi connectivity index (χ0v) is 14.5. The second kappa shape index (κ2) is 8.96. The van der Waals surface area contributed by atoms with Crippen LogP contribution in [0.25, 0.3) is 0 Å². The summed E-state index contributed by atoms with van der Waals surface area (Å²) in [6, 6.07) is 15.3. The largest absolute Gasteiger partial charge is 0.492 e.